The van der Waals surface area contributed by atoms with Crippen molar-refractivity contribution < 1.29 is 18.3 Å². The van der Waals surface area contributed by atoms with Gasteiger partial charge >= 0.3 is 0 Å². The van der Waals surface area contributed by atoms with Crippen molar-refractivity contribution in [3.8, 4) is 17.1 Å². The zero-order valence-electron chi connectivity index (χ0n) is 18.6. The van der Waals surface area contributed by atoms with Gasteiger partial charge < -0.3 is 4.74 Å². The van der Waals surface area contributed by atoms with E-state index in [0.29, 0.717) is 34.4 Å². The Labute approximate surface area is 195 Å². The Kier molecular flexibility index (Phi) is 6.88. The van der Waals surface area contributed by atoms with Gasteiger partial charge in [-0.3, -0.25) is 9.69 Å². The molecule has 2 aromatic carbocycles. The minimum Gasteiger partial charge on any atom is -0.447 e. The van der Waals surface area contributed by atoms with Crippen LogP contribution in [0.5, 0.6) is 5.88 Å². The number of ether oxygens (including phenoxy) is 1. The van der Waals surface area contributed by atoms with Crippen molar-refractivity contribution in [1.29, 1.82) is 0 Å². The number of carbonyl (C=O) groups is 1. The fraction of sp³-hybridized carbons (Fsp3) is 0.333. The average molecular weight is 471 g/mol. The molecule has 0 N–H and O–H groups in total. The van der Waals surface area contributed by atoms with Crippen LogP contribution in [0.15, 0.2) is 47.6 Å². The first-order chi connectivity index (χ1) is 15.9. The van der Waals surface area contributed by atoms with Crippen molar-refractivity contribution in [2.75, 3.05) is 10.7 Å². The van der Waals surface area contributed by atoms with Crippen LogP contribution in [0.3, 0.4) is 0 Å². The molecule has 4 rings (SSSR count). The summed E-state index contributed by atoms with van der Waals surface area (Å²) in [4.78, 5) is 19.1. The molecule has 0 aliphatic carbocycles. The first kappa shape index (κ1) is 23.1. The highest BCUT2D eigenvalue weighted by molar-refractivity contribution is 7.99. The van der Waals surface area contributed by atoms with Gasteiger partial charge in [-0.2, -0.15) is 4.98 Å². The molecule has 0 bridgehead atoms. The fourth-order valence-corrected chi connectivity index (χ4v) is 4.26. The van der Waals surface area contributed by atoms with Crippen LogP contribution in [0.1, 0.15) is 45.4 Å². The van der Waals surface area contributed by atoms with Gasteiger partial charge in [0, 0.05) is 17.7 Å². The highest BCUT2D eigenvalue weighted by Gasteiger charge is 2.37. The van der Waals surface area contributed by atoms with E-state index in [0.717, 1.165) is 11.8 Å². The van der Waals surface area contributed by atoms with Crippen molar-refractivity contribution in [3.05, 3.63) is 59.7 Å². The summed E-state index contributed by atoms with van der Waals surface area (Å²) in [6, 6.07) is 10.9. The van der Waals surface area contributed by atoms with Crippen LogP contribution < -0.4 is 9.64 Å². The van der Waals surface area contributed by atoms with Gasteiger partial charge in [-0.25, -0.2) is 8.78 Å². The number of thioether (sulfide) groups is 1. The third kappa shape index (κ3) is 4.68. The van der Waals surface area contributed by atoms with E-state index < -0.39 is 17.9 Å². The van der Waals surface area contributed by atoms with Gasteiger partial charge in [0.25, 0.3) is 0 Å². The molecular weight excluding hydrogens is 446 g/mol. The molecule has 1 aliphatic rings. The fourth-order valence-electron chi connectivity index (χ4n) is 3.53. The predicted molar refractivity (Wildman–Crippen MR) is 123 cm³/mol. The number of rotatable bonds is 6. The molecule has 172 valence electrons. The van der Waals surface area contributed by atoms with Crippen molar-refractivity contribution in [2.24, 2.45) is 5.92 Å². The summed E-state index contributed by atoms with van der Waals surface area (Å²) in [6.45, 7) is 6.04. The number of halogens is 2. The summed E-state index contributed by atoms with van der Waals surface area (Å²) in [5, 5.41) is 8.98. The van der Waals surface area contributed by atoms with Crippen molar-refractivity contribution >= 4 is 23.4 Å². The zero-order valence-corrected chi connectivity index (χ0v) is 19.4. The molecule has 1 aliphatic heterocycles. The number of fused-ring (bicyclic) bond motifs is 3. The number of aromatic nitrogens is 3. The predicted octanol–water partition coefficient (Wildman–Crippen LogP) is 5.79. The van der Waals surface area contributed by atoms with Gasteiger partial charge in [0.05, 0.1) is 11.3 Å². The summed E-state index contributed by atoms with van der Waals surface area (Å²) in [6.07, 6.45) is -0.478. The largest absolute Gasteiger partial charge is 0.447 e. The van der Waals surface area contributed by atoms with Crippen LogP contribution in [0.2, 0.25) is 0 Å². The van der Waals surface area contributed by atoms with E-state index in [1.54, 1.807) is 24.3 Å². The van der Waals surface area contributed by atoms with E-state index >= 15 is 0 Å². The van der Waals surface area contributed by atoms with E-state index in [1.807, 2.05) is 6.92 Å². The number of hydrogen-bond donors (Lipinski definition) is 0. The molecule has 1 atom stereocenters. The van der Waals surface area contributed by atoms with Gasteiger partial charge in [0.2, 0.25) is 23.2 Å². The standard InChI is InChI=1S/C24H24F2N4O2S/c1-4-8-19(31)30-18-12-6-5-9-15(18)21-22(27-24(29-28-21)33-13-14(2)3)32-23(30)16-10-7-11-17(25)20(16)26/h5-7,9-12,14,23H,4,8,13H2,1-3H3/t23-/m0/s1. The second-order valence-electron chi connectivity index (χ2n) is 8.10. The third-order valence-electron chi connectivity index (χ3n) is 5.04. The van der Waals surface area contributed by atoms with Gasteiger partial charge in [-0.15, -0.1) is 10.2 Å². The summed E-state index contributed by atoms with van der Waals surface area (Å²) in [5.74, 6) is -1.08. The van der Waals surface area contributed by atoms with Gasteiger partial charge in [-0.1, -0.05) is 62.9 Å². The van der Waals surface area contributed by atoms with Gasteiger partial charge in [0.15, 0.2) is 17.3 Å². The van der Waals surface area contributed by atoms with Crippen molar-refractivity contribution in [2.45, 2.75) is 45.0 Å². The lowest BCUT2D eigenvalue weighted by atomic mass is 10.1. The molecule has 0 saturated carbocycles. The van der Waals surface area contributed by atoms with Crippen LogP contribution in [0.25, 0.3) is 11.3 Å². The van der Waals surface area contributed by atoms with E-state index in [1.165, 1.54) is 28.8 Å². The zero-order chi connectivity index (χ0) is 23.5. The van der Waals surface area contributed by atoms with E-state index in [2.05, 4.69) is 29.0 Å². The smallest absolute Gasteiger partial charge is 0.247 e. The summed E-state index contributed by atoms with van der Waals surface area (Å²) < 4.78 is 35.3. The molecule has 0 unspecified atom stereocenters. The van der Waals surface area contributed by atoms with E-state index in [9.17, 15) is 13.6 Å². The average Bonchev–Trinajstić information content (AvgIpc) is 2.94. The minimum absolute atomic E-state index is 0.0999. The summed E-state index contributed by atoms with van der Waals surface area (Å²) in [7, 11) is 0. The van der Waals surface area contributed by atoms with Gasteiger partial charge in [0.1, 0.15) is 0 Å². The maximum absolute atomic E-state index is 14.9. The van der Waals surface area contributed by atoms with Crippen molar-refractivity contribution in [1.82, 2.24) is 15.2 Å². The lowest BCUT2D eigenvalue weighted by molar-refractivity contribution is -0.120. The SMILES string of the molecule is CCCC(=O)N1c2ccccc2-c2nnc(SCC(C)C)nc2O[C@H]1c1cccc(F)c1F. The number of nitrogens with zero attached hydrogens (tertiary/aromatic N) is 4. The van der Waals surface area contributed by atoms with Crippen LogP contribution in [0, 0.1) is 17.6 Å². The monoisotopic (exact) mass is 470 g/mol. The molecule has 3 aromatic rings. The van der Waals surface area contributed by atoms with E-state index in [-0.39, 0.29) is 23.8 Å². The summed E-state index contributed by atoms with van der Waals surface area (Å²) >= 11 is 1.43. The maximum atomic E-state index is 14.9. The number of para-hydroxylation sites is 1. The highest BCUT2D eigenvalue weighted by Crippen LogP contribution is 2.44. The van der Waals surface area contributed by atoms with Crippen LogP contribution in [-0.2, 0) is 4.79 Å². The molecule has 0 radical (unpaired) electrons. The molecule has 33 heavy (non-hydrogen) atoms. The minimum atomic E-state index is -1.26. The molecule has 6 nitrogen and oxygen atoms in total. The van der Waals surface area contributed by atoms with Crippen molar-refractivity contribution in [3.63, 3.8) is 0 Å². The van der Waals surface area contributed by atoms with E-state index in [4.69, 9.17) is 4.74 Å². The molecule has 9 heteroatoms. The Balaban J connectivity index is 1.91. The Hall–Kier alpha value is -3.07. The van der Waals surface area contributed by atoms with Gasteiger partial charge in [-0.05, 0) is 24.5 Å². The molecular formula is C24H24F2N4O2S. The molecule has 1 aromatic heterocycles. The van der Waals surface area contributed by atoms with Crippen LogP contribution >= 0.6 is 11.8 Å². The Bertz CT molecular complexity index is 1170. The second kappa shape index (κ2) is 9.82. The third-order valence-corrected chi connectivity index (χ3v) is 6.30. The number of anilines is 1. The lowest BCUT2D eigenvalue weighted by Crippen LogP contribution is -2.38. The Morgan fingerprint density at radius 2 is 1.94 bits per heavy atom. The second-order valence-corrected chi connectivity index (χ2v) is 9.08. The maximum Gasteiger partial charge on any atom is 0.247 e. The topological polar surface area (TPSA) is 68.2 Å². The first-order valence-corrected chi connectivity index (χ1v) is 11.8. The molecule has 1 amide bonds. The number of benzene rings is 2. The van der Waals surface area contributed by atoms with Crippen LogP contribution in [0.4, 0.5) is 14.5 Å². The molecule has 0 fully saturated rings. The molecule has 0 spiro atoms. The Morgan fingerprint density at radius 1 is 1.15 bits per heavy atom. The quantitative estimate of drug-likeness (QED) is 0.425. The molecule has 2 heterocycles. The number of carbonyl (C=O) groups excluding carboxylic acids is 1. The first-order valence-electron chi connectivity index (χ1n) is 10.8. The normalized spacial score (nSPS) is 15.0. The molecule has 0 saturated heterocycles. The number of hydrogen-bond acceptors (Lipinski definition) is 6. The lowest BCUT2D eigenvalue weighted by Gasteiger charge is -2.31. The number of amides is 1. The summed E-state index contributed by atoms with van der Waals surface area (Å²) in [5.41, 5.74) is 1.30. The highest BCUT2D eigenvalue weighted by atomic mass is 32.2. The Morgan fingerprint density at radius 3 is 2.70 bits per heavy atom. The van der Waals surface area contributed by atoms with Crippen LogP contribution in [-0.4, -0.2) is 26.8 Å².